The van der Waals surface area contributed by atoms with E-state index in [1.807, 2.05) is 36.8 Å². The summed E-state index contributed by atoms with van der Waals surface area (Å²) in [4.78, 5) is 36.8. The van der Waals surface area contributed by atoms with E-state index in [1.165, 1.54) is 6.07 Å². The van der Waals surface area contributed by atoms with Gasteiger partial charge in [0.15, 0.2) is 5.60 Å². The summed E-state index contributed by atoms with van der Waals surface area (Å²) in [6.07, 6.45) is 4.23. The summed E-state index contributed by atoms with van der Waals surface area (Å²) in [7, 11) is 1.68. The van der Waals surface area contributed by atoms with Gasteiger partial charge in [0.25, 0.3) is 0 Å². The maximum Gasteiger partial charge on any atom is 0.336 e. The van der Waals surface area contributed by atoms with E-state index in [0.717, 1.165) is 42.9 Å². The Morgan fingerprint density at radius 3 is 2.30 bits per heavy atom. The molecular weight excluding hydrogens is 549 g/mol. The van der Waals surface area contributed by atoms with Crippen molar-refractivity contribution in [3.8, 4) is 5.75 Å². The second-order valence-electron chi connectivity index (χ2n) is 8.90. The predicted molar refractivity (Wildman–Crippen MR) is 142 cm³/mol. The number of carboxylic acid groups (broad SMARTS) is 3. The molecule has 2 aromatic carbocycles. The van der Waals surface area contributed by atoms with Crippen LogP contribution < -0.4 is 4.74 Å². The van der Waals surface area contributed by atoms with Crippen LogP contribution in [0.15, 0.2) is 61.2 Å². The number of carbonyl (C=O) groups is 3. The number of hydrogen-bond donors (Lipinski definition) is 4. The zero-order valence-corrected chi connectivity index (χ0v) is 22.5. The number of aryl methyl sites for hydroxylation is 1. The molecule has 0 unspecified atom stereocenters. The van der Waals surface area contributed by atoms with Crippen LogP contribution in [0.4, 0.5) is 4.39 Å². The van der Waals surface area contributed by atoms with E-state index >= 15 is 0 Å². The molecule has 0 amide bonds. The third-order valence-electron chi connectivity index (χ3n) is 5.71. The third kappa shape index (κ3) is 10.6. The van der Waals surface area contributed by atoms with Gasteiger partial charge in [0, 0.05) is 44.1 Å². The minimum Gasteiger partial charge on any atom is -0.496 e. The molecule has 0 spiro atoms. The normalized spacial score (nSPS) is 11.0. The van der Waals surface area contributed by atoms with Gasteiger partial charge < -0.3 is 29.7 Å². The highest BCUT2D eigenvalue weighted by Crippen LogP contribution is 2.22. The van der Waals surface area contributed by atoms with Crippen molar-refractivity contribution in [1.29, 1.82) is 0 Å². The van der Waals surface area contributed by atoms with E-state index in [0.29, 0.717) is 6.54 Å². The van der Waals surface area contributed by atoms with Gasteiger partial charge in [-0.2, -0.15) is 0 Å². The van der Waals surface area contributed by atoms with Gasteiger partial charge in [-0.3, -0.25) is 14.5 Å². The number of rotatable bonds is 14. The molecule has 0 fully saturated rings. The van der Waals surface area contributed by atoms with Crippen molar-refractivity contribution < 1.29 is 43.9 Å². The fourth-order valence-electron chi connectivity index (χ4n) is 3.79. The van der Waals surface area contributed by atoms with Crippen molar-refractivity contribution in [1.82, 2.24) is 14.5 Å². The minimum absolute atomic E-state index is 0.148. The average Bonchev–Trinajstić information content (AvgIpc) is 3.39. The first-order valence-electron chi connectivity index (χ1n) is 12.1. The molecule has 0 atom stereocenters. The third-order valence-corrected chi connectivity index (χ3v) is 6.02. The van der Waals surface area contributed by atoms with Crippen molar-refractivity contribution in [2.24, 2.45) is 0 Å². The summed E-state index contributed by atoms with van der Waals surface area (Å²) in [5, 5.41) is 34.0. The zero-order valence-electron chi connectivity index (χ0n) is 21.7. The van der Waals surface area contributed by atoms with Gasteiger partial charge in [-0.25, -0.2) is 14.2 Å². The first kappa shape index (κ1) is 32.2. The van der Waals surface area contributed by atoms with Crippen LogP contribution >= 0.6 is 11.6 Å². The highest BCUT2D eigenvalue weighted by molar-refractivity contribution is 6.30. The first-order valence-corrected chi connectivity index (χ1v) is 12.4. The lowest BCUT2D eigenvalue weighted by Crippen LogP contribution is -2.42. The monoisotopic (exact) mass is 579 g/mol. The van der Waals surface area contributed by atoms with Crippen LogP contribution in [0, 0.1) is 5.82 Å². The number of benzene rings is 2. The Kier molecular flexibility index (Phi) is 12.5. The van der Waals surface area contributed by atoms with Gasteiger partial charge in [0.1, 0.15) is 11.6 Å². The van der Waals surface area contributed by atoms with Crippen LogP contribution in [0.3, 0.4) is 0 Å². The number of para-hydroxylation sites is 1. The van der Waals surface area contributed by atoms with Gasteiger partial charge in [-0.05, 0) is 30.2 Å². The lowest BCUT2D eigenvalue weighted by molar-refractivity contribution is -0.170. The molecule has 0 aliphatic heterocycles. The van der Waals surface area contributed by atoms with Crippen molar-refractivity contribution in [3.63, 3.8) is 0 Å². The molecule has 0 bridgehead atoms. The van der Waals surface area contributed by atoms with Crippen LogP contribution in [0.1, 0.15) is 30.4 Å². The molecule has 3 rings (SSSR count). The maximum atomic E-state index is 13.8. The van der Waals surface area contributed by atoms with E-state index in [1.54, 1.807) is 19.4 Å². The summed E-state index contributed by atoms with van der Waals surface area (Å²) in [5.74, 6) is -4.54. The molecular formula is C27H31ClFN3O8. The molecule has 11 nitrogen and oxygen atoms in total. The summed E-state index contributed by atoms with van der Waals surface area (Å²) < 4.78 is 21.4. The van der Waals surface area contributed by atoms with E-state index in [4.69, 9.17) is 36.8 Å². The number of hydrogen-bond acceptors (Lipinski definition) is 7. The molecule has 1 heterocycles. The first-order chi connectivity index (χ1) is 18.9. The summed E-state index contributed by atoms with van der Waals surface area (Å²) in [5.41, 5.74) is -0.732. The van der Waals surface area contributed by atoms with Gasteiger partial charge in [-0.15, -0.1) is 0 Å². The van der Waals surface area contributed by atoms with E-state index in [9.17, 15) is 18.8 Å². The Morgan fingerprint density at radius 1 is 1.07 bits per heavy atom. The van der Waals surface area contributed by atoms with Gasteiger partial charge in [0.05, 0.1) is 31.3 Å². The molecule has 0 aliphatic carbocycles. The molecule has 0 saturated heterocycles. The Balaban J connectivity index is 0.000000366. The number of aromatic nitrogens is 2. The molecule has 0 radical (unpaired) electrons. The van der Waals surface area contributed by atoms with E-state index in [2.05, 4.69) is 20.5 Å². The Morgan fingerprint density at radius 2 is 1.75 bits per heavy atom. The molecule has 0 saturated carbocycles. The van der Waals surface area contributed by atoms with Gasteiger partial charge >= 0.3 is 17.9 Å². The number of imidazole rings is 1. The van der Waals surface area contributed by atoms with Crippen LogP contribution in [0.5, 0.6) is 5.75 Å². The number of ether oxygens (including phenoxy) is 1. The van der Waals surface area contributed by atoms with E-state index in [-0.39, 0.29) is 10.8 Å². The highest BCUT2D eigenvalue weighted by Gasteiger charge is 2.40. The summed E-state index contributed by atoms with van der Waals surface area (Å²) in [6.45, 7) is 3.10. The van der Waals surface area contributed by atoms with Crippen LogP contribution in [-0.4, -0.2) is 72.0 Å². The quantitative estimate of drug-likeness (QED) is 0.222. The summed E-state index contributed by atoms with van der Waals surface area (Å²) in [6, 6.07) is 13.0. The van der Waals surface area contributed by atoms with Gasteiger partial charge in [0.2, 0.25) is 0 Å². The van der Waals surface area contributed by atoms with Crippen molar-refractivity contribution in [2.45, 2.75) is 44.5 Å². The molecule has 13 heteroatoms. The molecule has 4 N–H and O–H groups in total. The number of methoxy groups -OCH3 is 1. The standard InChI is InChI=1S/C21H23ClFN3O.C6H8O7/c1-27-21-6-3-2-5-18(21)15-26(11-4-10-25-12-9-24-16-25)14-17-7-8-19(22)20(23)13-17;7-3(8)1-6(13,5(11)12)2-4(9)10/h2-3,5-9,12-13,16H,4,10-11,14-15H2,1H3;13H,1-2H2,(H,7,8)(H,9,10)(H,11,12). The highest BCUT2D eigenvalue weighted by atomic mass is 35.5. The molecule has 3 aromatic rings. The molecule has 40 heavy (non-hydrogen) atoms. The van der Waals surface area contributed by atoms with Crippen molar-refractivity contribution in [2.75, 3.05) is 13.7 Å². The molecule has 216 valence electrons. The molecule has 1 aromatic heterocycles. The number of aliphatic hydroxyl groups is 1. The molecule has 0 aliphatic rings. The number of nitrogens with zero attached hydrogens (tertiary/aromatic N) is 3. The average molecular weight is 580 g/mol. The fraction of sp³-hybridized carbons (Fsp3) is 0.333. The number of aliphatic carboxylic acids is 3. The van der Waals surface area contributed by atoms with Gasteiger partial charge in [-0.1, -0.05) is 35.9 Å². The second-order valence-corrected chi connectivity index (χ2v) is 9.31. The Labute approximate surface area is 235 Å². The van der Waals surface area contributed by atoms with E-state index < -0.39 is 36.4 Å². The Hall–Kier alpha value is -4.00. The van der Waals surface area contributed by atoms with Crippen LogP contribution in [-0.2, 0) is 34.0 Å². The van der Waals surface area contributed by atoms with Crippen molar-refractivity contribution in [3.05, 3.63) is 83.2 Å². The van der Waals surface area contributed by atoms with Crippen molar-refractivity contribution >= 4 is 29.5 Å². The lowest BCUT2D eigenvalue weighted by atomic mass is 9.96. The predicted octanol–water partition coefficient (Wildman–Crippen LogP) is 3.53. The maximum absolute atomic E-state index is 13.8. The van der Waals surface area contributed by atoms with Crippen LogP contribution in [0.2, 0.25) is 5.02 Å². The Bertz CT molecular complexity index is 1260. The lowest BCUT2D eigenvalue weighted by Gasteiger charge is -2.24. The topological polar surface area (TPSA) is 162 Å². The fourth-order valence-corrected chi connectivity index (χ4v) is 3.91. The summed E-state index contributed by atoms with van der Waals surface area (Å²) >= 11 is 5.81. The van der Waals surface area contributed by atoms with Crippen LogP contribution in [0.25, 0.3) is 0 Å². The smallest absolute Gasteiger partial charge is 0.336 e. The number of carboxylic acids is 3. The zero-order chi connectivity index (χ0) is 29.7. The number of halogens is 2. The minimum atomic E-state index is -2.74. The largest absolute Gasteiger partial charge is 0.496 e. The SMILES string of the molecule is COc1ccccc1CN(CCCn1ccnc1)Cc1ccc(Cl)c(F)c1.O=C(O)CC(O)(CC(=O)O)C(=O)O. The second kappa shape index (κ2) is 15.6.